The molecule has 4 nitrogen and oxygen atoms in total. The number of hydrogen-bond donors (Lipinski definition) is 2. The Hall–Kier alpha value is -3.56. The second kappa shape index (κ2) is 23.0. The van der Waals surface area contributed by atoms with Gasteiger partial charge in [-0.2, -0.15) is 0 Å². The van der Waals surface area contributed by atoms with Gasteiger partial charge in [0.15, 0.2) is 0 Å². The third-order valence-electron chi connectivity index (χ3n) is 9.61. The maximum Gasteiger partial charge on any atom is 0.318 e. The summed E-state index contributed by atoms with van der Waals surface area (Å²) < 4.78 is 0. The van der Waals surface area contributed by atoms with Crippen molar-refractivity contribution in [1.82, 2.24) is 0 Å². The van der Waals surface area contributed by atoms with Gasteiger partial charge in [-0.15, -0.1) is 0 Å². The van der Waals surface area contributed by atoms with Crippen LogP contribution in [0.15, 0.2) is 121 Å². The van der Waals surface area contributed by atoms with E-state index in [9.17, 15) is 19.8 Å². The standard InChI is InChI=1S/2C22H28O2.Zn/c2*1-2-3-4-5-6-13-18-22(21(23)24,19-14-9-7-10-15-19)20-16-11-8-12-17-20;/h2*7-12,14-17H,2-6,13,18H2,1H3,(H,23,24);. The van der Waals surface area contributed by atoms with E-state index in [1.54, 1.807) is 0 Å². The van der Waals surface area contributed by atoms with Gasteiger partial charge in [0.1, 0.15) is 10.8 Å². The molecule has 4 aromatic rings. The summed E-state index contributed by atoms with van der Waals surface area (Å²) in [4.78, 5) is 24.8. The largest absolute Gasteiger partial charge is 0.480 e. The van der Waals surface area contributed by atoms with E-state index in [2.05, 4.69) is 13.8 Å². The van der Waals surface area contributed by atoms with Crippen LogP contribution in [0.4, 0.5) is 0 Å². The second-order valence-corrected chi connectivity index (χ2v) is 12.9. The molecule has 0 atom stereocenters. The Morgan fingerprint density at radius 2 is 0.633 bits per heavy atom. The minimum absolute atomic E-state index is 0. The molecule has 0 bridgehead atoms. The van der Waals surface area contributed by atoms with Gasteiger partial charge in [0.25, 0.3) is 0 Å². The van der Waals surface area contributed by atoms with Crippen LogP contribution in [0.3, 0.4) is 0 Å². The summed E-state index contributed by atoms with van der Waals surface area (Å²) in [5.74, 6) is -1.51. The molecule has 0 aliphatic heterocycles. The summed E-state index contributed by atoms with van der Waals surface area (Å²) in [6, 6.07) is 38.7. The number of unbranched alkanes of at least 4 members (excludes halogenated alkanes) is 10. The zero-order chi connectivity index (χ0) is 34.5. The van der Waals surface area contributed by atoms with E-state index in [0.717, 1.165) is 47.9 Å². The summed E-state index contributed by atoms with van der Waals surface area (Å²) in [5.41, 5.74) is 1.59. The molecular weight excluding hydrogens is 658 g/mol. The van der Waals surface area contributed by atoms with Crippen LogP contribution < -0.4 is 0 Å². The van der Waals surface area contributed by atoms with Crippen molar-refractivity contribution in [2.75, 3.05) is 0 Å². The number of hydrogen-bond acceptors (Lipinski definition) is 2. The van der Waals surface area contributed by atoms with Crippen LogP contribution in [-0.4, -0.2) is 22.2 Å². The van der Waals surface area contributed by atoms with Crippen molar-refractivity contribution >= 4 is 11.9 Å². The van der Waals surface area contributed by atoms with Crippen molar-refractivity contribution in [3.63, 3.8) is 0 Å². The molecule has 4 rings (SSSR count). The van der Waals surface area contributed by atoms with Gasteiger partial charge in [0.05, 0.1) is 0 Å². The number of carboxylic acid groups (broad SMARTS) is 2. The van der Waals surface area contributed by atoms with Gasteiger partial charge in [-0.3, -0.25) is 9.59 Å². The van der Waals surface area contributed by atoms with Crippen molar-refractivity contribution in [2.24, 2.45) is 0 Å². The molecule has 0 aromatic heterocycles. The van der Waals surface area contributed by atoms with Gasteiger partial charge in [-0.05, 0) is 35.1 Å². The fourth-order valence-electron chi connectivity index (χ4n) is 6.85. The van der Waals surface area contributed by atoms with Crippen molar-refractivity contribution in [1.29, 1.82) is 0 Å². The van der Waals surface area contributed by atoms with E-state index in [-0.39, 0.29) is 19.5 Å². The molecule has 0 unspecified atom stereocenters. The molecular formula is C44H56O4Zn. The molecule has 49 heavy (non-hydrogen) atoms. The average molecular weight is 714 g/mol. The van der Waals surface area contributed by atoms with Gasteiger partial charge in [0.2, 0.25) is 0 Å². The summed E-state index contributed by atoms with van der Waals surface area (Å²) in [6.45, 7) is 4.42. The molecule has 0 heterocycles. The predicted octanol–water partition coefficient (Wildman–Crippen LogP) is 11.6. The van der Waals surface area contributed by atoms with Crippen molar-refractivity contribution in [2.45, 2.75) is 115 Å². The monoisotopic (exact) mass is 712 g/mol. The van der Waals surface area contributed by atoms with E-state index in [0.29, 0.717) is 12.8 Å². The van der Waals surface area contributed by atoms with E-state index < -0.39 is 22.8 Å². The molecule has 2 N–H and O–H groups in total. The first-order valence-corrected chi connectivity index (χ1v) is 18.1. The average Bonchev–Trinajstić information content (AvgIpc) is 3.13. The molecule has 0 amide bonds. The smallest absolute Gasteiger partial charge is 0.318 e. The van der Waals surface area contributed by atoms with E-state index in [1.807, 2.05) is 121 Å². The van der Waals surface area contributed by atoms with Crippen LogP contribution in [0.25, 0.3) is 0 Å². The van der Waals surface area contributed by atoms with E-state index in [4.69, 9.17) is 0 Å². The molecule has 0 radical (unpaired) electrons. The Kier molecular flexibility index (Phi) is 19.5. The summed E-state index contributed by atoms with van der Waals surface area (Å²) >= 11 is 0. The number of carboxylic acids is 2. The predicted molar refractivity (Wildman–Crippen MR) is 199 cm³/mol. The van der Waals surface area contributed by atoms with Crippen molar-refractivity contribution < 1.29 is 39.3 Å². The van der Waals surface area contributed by atoms with Crippen LogP contribution >= 0.6 is 0 Å². The minimum atomic E-state index is -0.951. The Morgan fingerprint density at radius 3 is 0.857 bits per heavy atom. The SMILES string of the molecule is CCCCCCCCC(C(=O)O)(c1ccccc1)c1ccccc1.CCCCCCCCC(C(=O)O)(c1ccccc1)c1ccccc1.[Zn]. The van der Waals surface area contributed by atoms with Gasteiger partial charge < -0.3 is 10.2 Å². The molecule has 0 saturated heterocycles. The minimum Gasteiger partial charge on any atom is -0.480 e. The van der Waals surface area contributed by atoms with Crippen molar-refractivity contribution in [3.05, 3.63) is 144 Å². The Balaban J connectivity index is 0.000000333. The molecule has 0 aliphatic rings. The number of carbonyl (C=O) groups is 2. The van der Waals surface area contributed by atoms with Gasteiger partial charge in [0, 0.05) is 19.5 Å². The van der Waals surface area contributed by atoms with Crippen LogP contribution in [0.5, 0.6) is 0 Å². The van der Waals surface area contributed by atoms with Crippen LogP contribution in [0.2, 0.25) is 0 Å². The maximum absolute atomic E-state index is 12.4. The molecule has 0 saturated carbocycles. The fraction of sp³-hybridized carbons (Fsp3) is 0.409. The first-order chi connectivity index (χ1) is 23.4. The molecule has 0 fully saturated rings. The zero-order valence-corrected chi connectivity index (χ0v) is 32.8. The van der Waals surface area contributed by atoms with E-state index >= 15 is 0 Å². The quantitative estimate of drug-likeness (QED) is 0.0706. The molecule has 4 aromatic carbocycles. The first kappa shape index (κ1) is 41.6. The van der Waals surface area contributed by atoms with Crippen LogP contribution in [0, 0.1) is 0 Å². The van der Waals surface area contributed by atoms with E-state index in [1.165, 1.54) is 51.4 Å². The van der Waals surface area contributed by atoms with Crippen LogP contribution in [-0.2, 0) is 39.9 Å². The molecule has 0 aliphatic carbocycles. The molecule has 5 heteroatoms. The Bertz CT molecular complexity index is 1250. The number of aliphatic carboxylic acids is 2. The molecule has 0 spiro atoms. The fourth-order valence-corrected chi connectivity index (χ4v) is 6.85. The third kappa shape index (κ3) is 11.8. The third-order valence-corrected chi connectivity index (χ3v) is 9.61. The Labute approximate surface area is 308 Å². The second-order valence-electron chi connectivity index (χ2n) is 12.9. The van der Waals surface area contributed by atoms with Gasteiger partial charge in [-0.1, -0.05) is 212 Å². The Morgan fingerprint density at radius 1 is 0.408 bits per heavy atom. The summed E-state index contributed by atoms with van der Waals surface area (Å²) in [6.07, 6.45) is 15.2. The maximum atomic E-state index is 12.4. The van der Waals surface area contributed by atoms with Gasteiger partial charge in [-0.25, -0.2) is 0 Å². The summed E-state index contributed by atoms with van der Waals surface area (Å²) in [7, 11) is 0. The topological polar surface area (TPSA) is 74.6 Å². The normalized spacial score (nSPS) is 11.1. The van der Waals surface area contributed by atoms with Crippen molar-refractivity contribution in [3.8, 4) is 0 Å². The van der Waals surface area contributed by atoms with Gasteiger partial charge >= 0.3 is 11.9 Å². The molecule has 258 valence electrons. The summed E-state index contributed by atoms with van der Waals surface area (Å²) in [5, 5.41) is 20.3. The zero-order valence-electron chi connectivity index (χ0n) is 29.9. The first-order valence-electron chi connectivity index (χ1n) is 18.1. The van der Waals surface area contributed by atoms with Crippen LogP contribution in [0.1, 0.15) is 126 Å². The number of benzene rings is 4. The number of rotatable bonds is 20.